The number of carbonyl (C=O) groups is 2. The summed E-state index contributed by atoms with van der Waals surface area (Å²) in [6.45, 7) is 2.04. The fraction of sp³-hybridized carbons (Fsp3) is 0.214. The fourth-order valence-electron chi connectivity index (χ4n) is 1.56. The summed E-state index contributed by atoms with van der Waals surface area (Å²) in [4.78, 5) is 26.9. The number of aromatic nitrogens is 3. The van der Waals surface area contributed by atoms with Crippen LogP contribution in [0.25, 0.3) is 11.4 Å². The Morgan fingerprint density at radius 1 is 1.05 bits per heavy atom. The topological polar surface area (TPSA) is 91.3 Å². The average Bonchev–Trinajstić information content (AvgIpc) is 2.54. The third kappa shape index (κ3) is 3.38. The van der Waals surface area contributed by atoms with Crippen LogP contribution in [0.3, 0.4) is 0 Å². The molecule has 0 saturated heterocycles. The van der Waals surface area contributed by atoms with Gasteiger partial charge in [-0.05, 0) is 31.2 Å². The molecule has 2 aromatic heterocycles. The standard InChI is InChI=1S/C14H13N3O4/c1-3-21-13(18)9-4-5-10(15-8-9)11-6-7-12(17-16-11)14(19)20-2/h4-8H,3H2,1-2H3. The van der Waals surface area contributed by atoms with E-state index in [9.17, 15) is 9.59 Å². The lowest BCUT2D eigenvalue weighted by molar-refractivity contribution is 0.0524. The zero-order valence-electron chi connectivity index (χ0n) is 11.6. The molecule has 7 heteroatoms. The second kappa shape index (κ2) is 6.56. The molecular weight excluding hydrogens is 274 g/mol. The number of carbonyl (C=O) groups excluding carboxylic acids is 2. The van der Waals surface area contributed by atoms with E-state index in [4.69, 9.17) is 4.74 Å². The predicted octanol–water partition coefficient (Wildman–Crippen LogP) is 1.50. The smallest absolute Gasteiger partial charge is 0.358 e. The molecule has 2 heterocycles. The second-order valence-electron chi connectivity index (χ2n) is 3.95. The number of methoxy groups -OCH3 is 1. The monoisotopic (exact) mass is 287 g/mol. The van der Waals surface area contributed by atoms with Crippen LogP contribution in [0.15, 0.2) is 30.5 Å². The number of esters is 2. The SMILES string of the molecule is CCOC(=O)c1ccc(-c2ccc(C(=O)OC)nn2)nc1. The quantitative estimate of drug-likeness (QED) is 0.787. The summed E-state index contributed by atoms with van der Waals surface area (Å²) in [5.74, 6) is -0.983. The Bertz CT molecular complexity index is 638. The van der Waals surface area contributed by atoms with Crippen molar-refractivity contribution in [3.8, 4) is 11.4 Å². The van der Waals surface area contributed by atoms with Crippen molar-refractivity contribution >= 4 is 11.9 Å². The van der Waals surface area contributed by atoms with Crippen LogP contribution >= 0.6 is 0 Å². The molecule has 7 nitrogen and oxygen atoms in total. The highest BCUT2D eigenvalue weighted by molar-refractivity contribution is 5.89. The van der Waals surface area contributed by atoms with Gasteiger partial charge in [0.15, 0.2) is 5.69 Å². The molecule has 0 aliphatic rings. The maximum absolute atomic E-state index is 11.5. The molecule has 2 aromatic rings. The number of rotatable bonds is 4. The van der Waals surface area contributed by atoms with Crippen molar-refractivity contribution in [2.24, 2.45) is 0 Å². The lowest BCUT2D eigenvalue weighted by Crippen LogP contribution is -2.06. The molecule has 0 spiro atoms. The summed E-state index contributed by atoms with van der Waals surface area (Å²) in [5.41, 5.74) is 1.49. The number of hydrogen-bond acceptors (Lipinski definition) is 7. The van der Waals surface area contributed by atoms with Gasteiger partial charge in [-0.15, -0.1) is 10.2 Å². The number of hydrogen-bond donors (Lipinski definition) is 0. The number of nitrogens with zero attached hydrogens (tertiary/aromatic N) is 3. The first kappa shape index (κ1) is 14.6. The second-order valence-corrected chi connectivity index (χ2v) is 3.95. The minimum atomic E-state index is -0.556. The number of pyridine rings is 1. The van der Waals surface area contributed by atoms with Gasteiger partial charge >= 0.3 is 11.9 Å². The van der Waals surface area contributed by atoms with Crippen molar-refractivity contribution in [3.05, 3.63) is 41.7 Å². The molecule has 0 radical (unpaired) electrons. The van der Waals surface area contributed by atoms with Crippen LogP contribution < -0.4 is 0 Å². The fourth-order valence-corrected chi connectivity index (χ4v) is 1.56. The zero-order chi connectivity index (χ0) is 15.2. The molecule has 0 aliphatic heterocycles. The van der Waals surface area contributed by atoms with Gasteiger partial charge in [-0.1, -0.05) is 0 Å². The van der Waals surface area contributed by atoms with Crippen molar-refractivity contribution in [1.29, 1.82) is 0 Å². The molecule has 0 aliphatic carbocycles. The molecule has 0 bridgehead atoms. The highest BCUT2D eigenvalue weighted by Crippen LogP contribution is 2.14. The first-order valence-electron chi connectivity index (χ1n) is 6.21. The highest BCUT2D eigenvalue weighted by Gasteiger charge is 2.11. The van der Waals surface area contributed by atoms with E-state index in [1.807, 2.05) is 0 Å². The Hall–Kier alpha value is -2.83. The normalized spacial score (nSPS) is 10.0. The Balaban J connectivity index is 2.19. The van der Waals surface area contributed by atoms with Crippen molar-refractivity contribution in [2.45, 2.75) is 6.92 Å². The van der Waals surface area contributed by atoms with Crippen molar-refractivity contribution < 1.29 is 19.1 Å². The summed E-state index contributed by atoms with van der Waals surface area (Å²) in [7, 11) is 1.27. The maximum Gasteiger partial charge on any atom is 0.358 e. The summed E-state index contributed by atoms with van der Waals surface area (Å²) in [6.07, 6.45) is 1.41. The molecule has 21 heavy (non-hydrogen) atoms. The van der Waals surface area contributed by atoms with Crippen LogP contribution in [-0.4, -0.2) is 40.8 Å². The van der Waals surface area contributed by atoms with E-state index in [2.05, 4.69) is 19.9 Å². The van der Waals surface area contributed by atoms with Gasteiger partial charge in [0.25, 0.3) is 0 Å². The molecule has 108 valence electrons. The minimum Gasteiger partial charge on any atom is -0.464 e. The molecule has 0 saturated carbocycles. The molecule has 0 fully saturated rings. The van der Waals surface area contributed by atoms with Crippen LogP contribution in [0, 0.1) is 0 Å². The Labute approximate surface area is 120 Å². The van der Waals surface area contributed by atoms with E-state index in [-0.39, 0.29) is 5.69 Å². The summed E-state index contributed by atoms with van der Waals surface area (Å²) in [6, 6.07) is 6.32. The van der Waals surface area contributed by atoms with Gasteiger partial charge in [0.2, 0.25) is 0 Å². The van der Waals surface area contributed by atoms with Gasteiger partial charge in [-0.2, -0.15) is 0 Å². The first-order valence-corrected chi connectivity index (χ1v) is 6.21. The Kier molecular flexibility index (Phi) is 4.55. The van der Waals surface area contributed by atoms with Gasteiger partial charge in [0, 0.05) is 6.20 Å². The van der Waals surface area contributed by atoms with E-state index in [0.29, 0.717) is 23.6 Å². The van der Waals surface area contributed by atoms with Crippen LogP contribution in [0.5, 0.6) is 0 Å². The Morgan fingerprint density at radius 2 is 1.81 bits per heavy atom. The summed E-state index contributed by atoms with van der Waals surface area (Å²) in [5, 5.41) is 7.66. The molecule has 0 atom stereocenters. The van der Waals surface area contributed by atoms with Crippen LogP contribution in [0.1, 0.15) is 27.8 Å². The van der Waals surface area contributed by atoms with Crippen molar-refractivity contribution in [2.75, 3.05) is 13.7 Å². The highest BCUT2D eigenvalue weighted by atomic mass is 16.5. The largest absolute Gasteiger partial charge is 0.464 e. The molecule has 0 N–H and O–H groups in total. The number of ether oxygens (including phenoxy) is 2. The molecule has 2 rings (SSSR count). The lowest BCUT2D eigenvalue weighted by atomic mass is 10.2. The van der Waals surface area contributed by atoms with Gasteiger partial charge in [-0.25, -0.2) is 9.59 Å². The predicted molar refractivity (Wildman–Crippen MR) is 72.6 cm³/mol. The lowest BCUT2D eigenvalue weighted by Gasteiger charge is -2.03. The zero-order valence-corrected chi connectivity index (χ0v) is 11.6. The van der Waals surface area contributed by atoms with Gasteiger partial charge in [-0.3, -0.25) is 4.98 Å². The van der Waals surface area contributed by atoms with Crippen LogP contribution in [0.2, 0.25) is 0 Å². The van der Waals surface area contributed by atoms with Gasteiger partial charge < -0.3 is 9.47 Å². The van der Waals surface area contributed by atoms with E-state index in [1.165, 1.54) is 19.4 Å². The molecule has 0 amide bonds. The maximum atomic E-state index is 11.5. The van der Waals surface area contributed by atoms with E-state index in [1.54, 1.807) is 25.1 Å². The van der Waals surface area contributed by atoms with E-state index in [0.717, 1.165) is 0 Å². The van der Waals surface area contributed by atoms with Gasteiger partial charge in [0.1, 0.15) is 5.69 Å². The minimum absolute atomic E-state index is 0.115. The van der Waals surface area contributed by atoms with Gasteiger partial charge in [0.05, 0.1) is 25.0 Å². The average molecular weight is 287 g/mol. The molecular formula is C14H13N3O4. The van der Waals surface area contributed by atoms with Crippen molar-refractivity contribution in [3.63, 3.8) is 0 Å². The molecule has 0 aromatic carbocycles. The third-order valence-electron chi connectivity index (χ3n) is 2.60. The Morgan fingerprint density at radius 3 is 2.33 bits per heavy atom. The van der Waals surface area contributed by atoms with E-state index >= 15 is 0 Å². The van der Waals surface area contributed by atoms with Crippen LogP contribution in [0.4, 0.5) is 0 Å². The summed E-state index contributed by atoms with van der Waals surface area (Å²) >= 11 is 0. The summed E-state index contributed by atoms with van der Waals surface area (Å²) < 4.78 is 9.41. The molecule has 0 unspecified atom stereocenters. The van der Waals surface area contributed by atoms with Crippen molar-refractivity contribution in [1.82, 2.24) is 15.2 Å². The van der Waals surface area contributed by atoms with Crippen LogP contribution in [-0.2, 0) is 9.47 Å². The van der Waals surface area contributed by atoms with E-state index < -0.39 is 11.9 Å². The third-order valence-corrected chi connectivity index (χ3v) is 2.60. The first-order chi connectivity index (χ1) is 10.2.